The first-order chi connectivity index (χ1) is 9.15. The summed E-state index contributed by atoms with van der Waals surface area (Å²) in [6.45, 7) is 8.53. The number of hydrogen-bond acceptors (Lipinski definition) is 3. The molecule has 2 rings (SSSR count). The maximum absolute atomic E-state index is 5.66. The minimum absolute atomic E-state index is 0.231. The first-order valence-corrected chi connectivity index (χ1v) is 7.38. The van der Waals surface area contributed by atoms with Gasteiger partial charge in [0.05, 0.1) is 6.10 Å². The average Bonchev–Trinajstić information content (AvgIpc) is 2.89. The van der Waals surface area contributed by atoms with Crippen LogP contribution in [0.4, 0.5) is 0 Å². The van der Waals surface area contributed by atoms with E-state index in [1.807, 2.05) is 13.8 Å². The second kappa shape index (κ2) is 6.92. The highest BCUT2D eigenvalue weighted by atomic mass is 16.5. The topological polar surface area (TPSA) is 33.3 Å². The highest BCUT2D eigenvalue weighted by Gasteiger charge is 2.15. The van der Waals surface area contributed by atoms with Crippen LogP contribution in [-0.4, -0.2) is 25.2 Å². The molecule has 106 valence electrons. The fourth-order valence-electron chi connectivity index (χ4n) is 2.48. The predicted molar refractivity (Wildman–Crippen MR) is 79.6 cm³/mol. The molecule has 2 unspecified atom stereocenters. The fraction of sp³-hybridized carbons (Fsp3) is 0.625. The summed E-state index contributed by atoms with van der Waals surface area (Å²) in [5.41, 5.74) is 1.31. The Morgan fingerprint density at radius 2 is 2.00 bits per heavy atom. The van der Waals surface area contributed by atoms with Gasteiger partial charge in [-0.1, -0.05) is 12.1 Å². The molecule has 1 aromatic rings. The zero-order valence-electron chi connectivity index (χ0n) is 12.3. The summed E-state index contributed by atoms with van der Waals surface area (Å²) in [5.74, 6) is 0.948. The van der Waals surface area contributed by atoms with E-state index in [4.69, 9.17) is 4.74 Å². The van der Waals surface area contributed by atoms with Crippen LogP contribution in [0, 0.1) is 0 Å². The summed E-state index contributed by atoms with van der Waals surface area (Å²) in [6.07, 6.45) is 2.83. The standard InChI is InChI=1S/C16H26N2O/c1-12(2)19-16-8-6-14(7-9-16)13(3)18-11-15-5-4-10-17-15/h6-9,12-13,15,17-18H,4-5,10-11H2,1-3H3. The van der Waals surface area contributed by atoms with Gasteiger partial charge in [-0.05, 0) is 57.9 Å². The third kappa shape index (κ3) is 4.51. The summed E-state index contributed by atoms with van der Waals surface area (Å²) >= 11 is 0. The third-order valence-corrected chi connectivity index (χ3v) is 3.58. The van der Waals surface area contributed by atoms with Gasteiger partial charge in [-0.3, -0.25) is 0 Å². The molecule has 1 aliphatic rings. The van der Waals surface area contributed by atoms with Crippen LogP contribution in [0.5, 0.6) is 5.75 Å². The fourth-order valence-corrected chi connectivity index (χ4v) is 2.48. The van der Waals surface area contributed by atoms with Crippen LogP contribution in [-0.2, 0) is 0 Å². The summed E-state index contributed by atoms with van der Waals surface area (Å²) < 4.78 is 5.66. The Bertz CT molecular complexity index is 369. The van der Waals surface area contributed by atoms with Gasteiger partial charge in [0.25, 0.3) is 0 Å². The van der Waals surface area contributed by atoms with Crippen molar-refractivity contribution in [2.75, 3.05) is 13.1 Å². The summed E-state index contributed by atoms with van der Waals surface area (Å²) in [4.78, 5) is 0. The normalized spacial score (nSPS) is 20.7. The van der Waals surface area contributed by atoms with E-state index >= 15 is 0 Å². The first-order valence-electron chi connectivity index (χ1n) is 7.38. The van der Waals surface area contributed by atoms with Gasteiger partial charge in [-0.15, -0.1) is 0 Å². The van der Waals surface area contributed by atoms with Gasteiger partial charge in [0.2, 0.25) is 0 Å². The van der Waals surface area contributed by atoms with Crippen molar-refractivity contribution in [2.45, 2.75) is 51.8 Å². The number of ether oxygens (including phenoxy) is 1. The molecule has 3 heteroatoms. The lowest BCUT2D eigenvalue weighted by Crippen LogP contribution is -2.35. The Morgan fingerprint density at radius 3 is 2.58 bits per heavy atom. The maximum atomic E-state index is 5.66. The zero-order valence-corrected chi connectivity index (χ0v) is 12.3. The molecular formula is C16H26N2O. The third-order valence-electron chi connectivity index (χ3n) is 3.58. The number of benzene rings is 1. The second-order valence-corrected chi connectivity index (χ2v) is 5.66. The summed E-state index contributed by atoms with van der Waals surface area (Å²) in [5, 5.41) is 7.11. The zero-order chi connectivity index (χ0) is 13.7. The van der Waals surface area contributed by atoms with Crippen molar-refractivity contribution >= 4 is 0 Å². The molecule has 0 spiro atoms. The highest BCUT2D eigenvalue weighted by molar-refractivity contribution is 5.29. The largest absolute Gasteiger partial charge is 0.491 e. The average molecular weight is 262 g/mol. The van der Waals surface area contributed by atoms with E-state index in [-0.39, 0.29) is 6.10 Å². The number of hydrogen-bond donors (Lipinski definition) is 2. The lowest BCUT2D eigenvalue weighted by Gasteiger charge is -2.18. The first kappa shape index (κ1) is 14.4. The van der Waals surface area contributed by atoms with Gasteiger partial charge in [-0.25, -0.2) is 0 Å². The van der Waals surface area contributed by atoms with Crippen LogP contribution in [0.15, 0.2) is 24.3 Å². The SMILES string of the molecule is CC(C)Oc1ccc(C(C)NCC2CCCN2)cc1. The molecule has 0 radical (unpaired) electrons. The Kier molecular flexibility index (Phi) is 5.23. The summed E-state index contributed by atoms with van der Waals surface area (Å²) in [6, 6.07) is 9.44. The quantitative estimate of drug-likeness (QED) is 0.827. The van der Waals surface area contributed by atoms with E-state index < -0.39 is 0 Å². The molecule has 1 aliphatic heterocycles. The van der Waals surface area contributed by atoms with E-state index in [2.05, 4.69) is 41.8 Å². The van der Waals surface area contributed by atoms with Crippen LogP contribution in [0.2, 0.25) is 0 Å². The van der Waals surface area contributed by atoms with Crippen molar-refractivity contribution in [2.24, 2.45) is 0 Å². The monoisotopic (exact) mass is 262 g/mol. The van der Waals surface area contributed by atoms with Crippen LogP contribution in [0.3, 0.4) is 0 Å². The molecule has 0 aliphatic carbocycles. The van der Waals surface area contributed by atoms with E-state index in [9.17, 15) is 0 Å². The molecule has 0 saturated carbocycles. The molecular weight excluding hydrogens is 236 g/mol. The molecule has 0 aromatic heterocycles. The lowest BCUT2D eigenvalue weighted by molar-refractivity contribution is 0.242. The van der Waals surface area contributed by atoms with Gasteiger partial charge >= 0.3 is 0 Å². The van der Waals surface area contributed by atoms with Gasteiger partial charge in [0.15, 0.2) is 0 Å². The van der Waals surface area contributed by atoms with Gasteiger partial charge in [0, 0.05) is 18.6 Å². The van der Waals surface area contributed by atoms with Crippen molar-refractivity contribution in [3.05, 3.63) is 29.8 Å². The van der Waals surface area contributed by atoms with E-state index in [0.29, 0.717) is 12.1 Å². The molecule has 0 bridgehead atoms. The Hall–Kier alpha value is -1.06. The number of rotatable bonds is 6. The minimum Gasteiger partial charge on any atom is -0.491 e. The van der Waals surface area contributed by atoms with Crippen LogP contribution in [0.1, 0.15) is 45.2 Å². The molecule has 0 amide bonds. The second-order valence-electron chi connectivity index (χ2n) is 5.66. The Labute approximate surface area is 116 Å². The van der Waals surface area contributed by atoms with Crippen molar-refractivity contribution in [1.29, 1.82) is 0 Å². The van der Waals surface area contributed by atoms with Crippen molar-refractivity contribution in [1.82, 2.24) is 10.6 Å². The molecule has 19 heavy (non-hydrogen) atoms. The van der Waals surface area contributed by atoms with Crippen molar-refractivity contribution < 1.29 is 4.74 Å². The lowest BCUT2D eigenvalue weighted by atomic mass is 10.1. The van der Waals surface area contributed by atoms with Gasteiger partial charge < -0.3 is 15.4 Å². The maximum Gasteiger partial charge on any atom is 0.119 e. The molecule has 2 atom stereocenters. The van der Waals surface area contributed by atoms with Crippen molar-refractivity contribution in [3.8, 4) is 5.75 Å². The highest BCUT2D eigenvalue weighted by Crippen LogP contribution is 2.18. The van der Waals surface area contributed by atoms with Crippen LogP contribution < -0.4 is 15.4 Å². The smallest absolute Gasteiger partial charge is 0.119 e. The molecule has 1 aromatic carbocycles. The molecule has 3 nitrogen and oxygen atoms in total. The van der Waals surface area contributed by atoms with E-state index in [1.165, 1.54) is 24.9 Å². The molecule has 2 N–H and O–H groups in total. The van der Waals surface area contributed by atoms with Gasteiger partial charge in [-0.2, -0.15) is 0 Å². The Balaban J connectivity index is 1.82. The minimum atomic E-state index is 0.231. The number of nitrogens with one attached hydrogen (secondary N) is 2. The van der Waals surface area contributed by atoms with Gasteiger partial charge in [0.1, 0.15) is 5.75 Å². The van der Waals surface area contributed by atoms with E-state index in [0.717, 1.165) is 12.3 Å². The van der Waals surface area contributed by atoms with Crippen LogP contribution in [0.25, 0.3) is 0 Å². The van der Waals surface area contributed by atoms with E-state index in [1.54, 1.807) is 0 Å². The predicted octanol–water partition coefficient (Wildman–Crippen LogP) is 2.88. The molecule has 1 saturated heterocycles. The Morgan fingerprint density at radius 1 is 1.26 bits per heavy atom. The summed E-state index contributed by atoms with van der Waals surface area (Å²) in [7, 11) is 0. The van der Waals surface area contributed by atoms with Crippen LogP contribution >= 0.6 is 0 Å². The molecule has 1 heterocycles. The van der Waals surface area contributed by atoms with Crippen molar-refractivity contribution in [3.63, 3.8) is 0 Å². The molecule has 1 fully saturated rings.